The van der Waals surface area contributed by atoms with Gasteiger partial charge < -0.3 is 4.74 Å². The molecule has 0 atom stereocenters. The van der Waals surface area contributed by atoms with Gasteiger partial charge in [-0.3, -0.25) is 9.69 Å². The predicted molar refractivity (Wildman–Crippen MR) is 107 cm³/mol. The zero-order valence-corrected chi connectivity index (χ0v) is 16.4. The van der Waals surface area contributed by atoms with Gasteiger partial charge in [-0.15, -0.1) is 0 Å². The summed E-state index contributed by atoms with van der Waals surface area (Å²) in [4.78, 5) is 27.3. The number of hydrogen-bond donors (Lipinski definition) is 0. The van der Waals surface area contributed by atoms with Crippen molar-refractivity contribution in [1.29, 1.82) is 0 Å². The number of carbonyl (C=O) groups excluding carboxylic acids is 2. The number of esters is 1. The Morgan fingerprint density at radius 2 is 1.86 bits per heavy atom. The van der Waals surface area contributed by atoms with Gasteiger partial charge in [0, 0.05) is 11.4 Å². The van der Waals surface area contributed by atoms with Crippen LogP contribution >= 0.6 is 0 Å². The topological polar surface area (TPSA) is 46.6 Å². The van der Waals surface area contributed by atoms with Crippen LogP contribution in [0.4, 0.5) is 10.1 Å². The molecule has 4 nitrogen and oxygen atoms in total. The largest absolute Gasteiger partial charge is 0.462 e. The van der Waals surface area contributed by atoms with E-state index in [0.29, 0.717) is 16.9 Å². The molecule has 28 heavy (non-hydrogen) atoms. The van der Waals surface area contributed by atoms with E-state index in [1.54, 1.807) is 26.0 Å². The lowest BCUT2D eigenvalue weighted by atomic mass is 10.0. The Balaban J connectivity index is 2.15. The number of rotatable bonds is 4. The van der Waals surface area contributed by atoms with E-state index in [4.69, 9.17) is 4.74 Å². The predicted octanol–water partition coefficient (Wildman–Crippen LogP) is 4.71. The number of allylic oxidation sites excluding steroid dienone is 1. The molecular weight excluding hydrogens is 357 g/mol. The van der Waals surface area contributed by atoms with Crippen molar-refractivity contribution < 1.29 is 18.7 Å². The van der Waals surface area contributed by atoms with Crippen molar-refractivity contribution in [1.82, 2.24) is 0 Å². The Kier molecular flexibility index (Phi) is 5.45. The summed E-state index contributed by atoms with van der Waals surface area (Å²) in [5, 5.41) is 0. The van der Waals surface area contributed by atoms with Crippen LogP contribution in [0, 0.1) is 19.7 Å². The molecule has 1 aliphatic rings. The zero-order chi connectivity index (χ0) is 20.4. The molecule has 0 aliphatic carbocycles. The van der Waals surface area contributed by atoms with Crippen molar-refractivity contribution in [2.24, 2.45) is 0 Å². The number of benzene rings is 2. The van der Waals surface area contributed by atoms with Gasteiger partial charge in [0.25, 0.3) is 5.91 Å². The number of hydrogen-bond acceptors (Lipinski definition) is 3. The first kappa shape index (κ1) is 19.5. The summed E-state index contributed by atoms with van der Waals surface area (Å²) in [6.07, 6.45) is 1.53. The number of ether oxygens (including phenoxy) is 1. The fourth-order valence-corrected chi connectivity index (χ4v) is 3.22. The van der Waals surface area contributed by atoms with Crippen LogP contribution in [0.5, 0.6) is 0 Å². The zero-order valence-electron chi connectivity index (χ0n) is 16.4. The van der Waals surface area contributed by atoms with Gasteiger partial charge in [-0.1, -0.05) is 18.2 Å². The highest BCUT2D eigenvalue weighted by Crippen LogP contribution is 2.36. The number of amides is 1. The Labute approximate surface area is 163 Å². The SMILES string of the molecule is CCOC(=O)C1=C(C)N(c2ccc(C)c(C)c2)C(=O)/C1=C\c1cccc(F)c1. The summed E-state index contributed by atoms with van der Waals surface area (Å²) >= 11 is 0. The molecule has 5 heteroatoms. The van der Waals surface area contributed by atoms with Gasteiger partial charge in [0.1, 0.15) is 5.82 Å². The van der Waals surface area contributed by atoms with Gasteiger partial charge in [0.15, 0.2) is 0 Å². The average molecular weight is 379 g/mol. The van der Waals surface area contributed by atoms with E-state index in [1.165, 1.54) is 23.1 Å². The summed E-state index contributed by atoms with van der Waals surface area (Å²) in [7, 11) is 0. The number of nitrogens with zero attached hydrogens (tertiary/aromatic N) is 1. The van der Waals surface area contributed by atoms with Gasteiger partial charge in [0.2, 0.25) is 0 Å². The van der Waals surface area contributed by atoms with Gasteiger partial charge in [-0.2, -0.15) is 0 Å². The normalized spacial score (nSPS) is 15.5. The fourth-order valence-electron chi connectivity index (χ4n) is 3.22. The van der Waals surface area contributed by atoms with Crippen LogP contribution in [0.25, 0.3) is 6.08 Å². The Hall–Kier alpha value is -3.21. The van der Waals surface area contributed by atoms with Crippen LogP contribution in [-0.2, 0) is 14.3 Å². The first-order chi connectivity index (χ1) is 13.3. The first-order valence-corrected chi connectivity index (χ1v) is 9.10. The van der Waals surface area contributed by atoms with E-state index in [9.17, 15) is 14.0 Å². The van der Waals surface area contributed by atoms with Crippen molar-refractivity contribution in [2.75, 3.05) is 11.5 Å². The second-order valence-corrected chi connectivity index (χ2v) is 6.70. The molecule has 144 valence electrons. The maximum absolute atomic E-state index is 13.6. The second-order valence-electron chi connectivity index (χ2n) is 6.70. The molecule has 0 spiro atoms. The minimum Gasteiger partial charge on any atom is -0.462 e. The molecule has 2 aromatic carbocycles. The minimum atomic E-state index is -0.567. The van der Waals surface area contributed by atoms with E-state index in [0.717, 1.165) is 11.1 Å². The molecule has 0 saturated heterocycles. The fraction of sp³-hybridized carbons (Fsp3) is 0.217. The summed E-state index contributed by atoms with van der Waals surface area (Å²) < 4.78 is 18.8. The number of anilines is 1. The highest BCUT2D eigenvalue weighted by molar-refractivity contribution is 6.23. The van der Waals surface area contributed by atoms with E-state index in [1.807, 2.05) is 32.0 Å². The molecule has 0 fully saturated rings. The molecule has 3 rings (SSSR count). The van der Waals surface area contributed by atoms with Crippen LogP contribution in [0.1, 0.15) is 30.5 Å². The minimum absolute atomic E-state index is 0.194. The third kappa shape index (κ3) is 3.60. The quantitative estimate of drug-likeness (QED) is 0.571. The van der Waals surface area contributed by atoms with E-state index >= 15 is 0 Å². The van der Waals surface area contributed by atoms with Gasteiger partial charge >= 0.3 is 5.97 Å². The monoisotopic (exact) mass is 379 g/mol. The average Bonchev–Trinajstić information content (AvgIpc) is 2.88. The van der Waals surface area contributed by atoms with Crippen LogP contribution < -0.4 is 4.90 Å². The maximum atomic E-state index is 13.6. The van der Waals surface area contributed by atoms with E-state index in [2.05, 4.69) is 0 Å². The molecule has 0 saturated carbocycles. The third-order valence-corrected chi connectivity index (χ3v) is 4.79. The summed E-state index contributed by atoms with van der Waals surface area (Å²) in [6, 6.07) is 11.6. The van der Waals surface area contributed by atoms with Crippen LogP contribution in [0.2, 0.25) is 0 Å². The lowest BCUT2D eigenvalue weighted by molar-refractivity contribution is -0.138. The molecule has 1 aliphatic heterocycles. The lowest BCUT2D eigenvalue weighted by Gasteiger charge is -2.19. The molecular formula is C23H22FNO3. The summed E-state index contributed by atoms with van der Waals surface area (Å²) in [5.41, 5.74) is 4.22. The standard InChI is InChI=1S/C23H22FNO3/c1-5-28-23(27)21-16(4)25(19-10-9-14(2)15(3)11-19)22(26)20(21)13-17-7-6-8-18(24)12-17/h6-13H,5H2,1-4H3/b20-13-. The Morgan fingerprint density at radius 1 is 1.11 bits per heavy atom. The van der Waals surface area contributed by atoms with Crippen molar-refractivity contribution >= 4 is 23.6 Å². The molecule has 0 unspecified atom stereocenters. The molecule has 1 heterocycles. The summed E-state index contributed by atoms with van der Waals surface area (Å²) in [5.74, 6) is -1.32. The smallest absolute Gasteiger partial charge is 0.340 e. The van der Waals surface area contributed by atoms with E-state index in [-0.39, 0.29) is 23.7 Å². The lowest BCUT2D eigenvalue weighted by Crippen LogP contribution is -2.24. The van der Waals surface area contributed by atoms with Crippen molar-refractivity contribution in [2.45, 2.75) is 27.7 Å². The van der Waals surface area contributed by atoms with Gasteiger partial charge in [0.05, 0.1) is 17.8 Å². The van der Waals surface area contributed by atoms with Crippen molar-refractivity contribution in [3.05, 3.63) is 81.8 Å². The number of carbonyl (C=O) groups is 2. The highest BCUT2D eigenvalue weighted by Gasteiger charge is 2.38. The van der Waals surface area contributed by atoms with E-state index < -0.39 is 11.8 Å². The molecule has 0 bridgehead atoms. The highest BCUT2D eigenvalue weighted by atomic mass is 19.1. The summed E-state index contributed by atoms with van der Waals surface area (Å²) in [6.45, 7) is 7.58. The molecule has 0 aromatic heterocycles. The second kappa shape index (κ2) is 7.80. The Bertz CT molecular complexity index is 1020. The third-order valence-electron chi connectivity index (χ3n) is 4.79. The molecule has 0 radical (unpaired) electrons. The Morgan fingerprint density at radius 3 is 2.50 bits per heavy atom. The first-order valence-electron chi connectivity index (χ1n) is 9.10. The molecule has 2 aromatic rings. The van der Waals surface area contributed by atoms with Crippen LogP contribution in [0.15, 0.2) is 59.3 Å². The maximum Gasteiger partial charge on any atom is 0.340 e. The van der Waals surface area contributed by atoms with Crippen molar-refractivity contribution in [3.63, 3.8) is 0 Å². The molecule has 0 N–H and O–H groups in total. The van der Waals surface area contributed by atoms with Gasteiger partial charge in [-0.05, 0) is 74.7 Å². The number of halogens is 1. The van der Waals surface area contributed by atoms with Crippen molar-refractivity contribution in [3.8, 4) is 0 Å². The van der Waals surface area contributed by atoms with Crippen LogP contribution in [0.3, 0.4) is 0 Å². The van der Waals surface area contributed by atoms with Gasteiger partial charge in [-0.25, -0.2) is 9.18 Å². The molecule has 1 amide bonds. The van der Waals surface area contributed by atoms with Crippen LogP contribution in [-0.4, -0.2) is 18.5 Å². The number of aryl methyl sites for hydroxylation is 2.